The van der Waals surface area contributed by atoms with Gasteiger partial charge in [0.2, 0.25) is 0 Å². The predicted molar refractivity (Wildman–Crippen MR) is 75.1 cm³/mol. The highest BCUT2D eigenvalue weighted by molar-refractivity contribution is 7.80. The van der Waals surface area contributed by atoms with Gasteiger partial charge in [0.15, 0.2) is 5.11 Å². The van der Waals surface area contributed by atoms with E-state index in [0.717, 1.165) is 0 Å². The van der Waals surface area contributed by atoms with Gasteiger partial charge in [0.05, 0.1) is 11.2 Å². The van der Waals surface area contributed by atoms with E-state index in [2.05, 4.69) is 15.8 Å². The Balaban J connectivity index is 2.74. The fraction of sp³-hybridized carbons (Fsp3) is 0.200. The molecule has 0 saturated heterocycles. The van der Waals surface area contributed by atoms with Crippen LogP contribution >= 0.6 is 35.4 Å². The molecule has 0 atom stereocenters. The van der Waals surface area contributed by atoms with E-state index in [0.29, 0.717) is 22.2 Å². The molecule has 0 spiro atoms. The van der Waals surface area contributed by atoms with E-state index < -0.39 is 0 Å². The van der Waals surface area contributed by atoms with Gasteiger partial charge in [-0.3, -0.25) is 5.43 Å². The minimum atomic E-state index is -0.0732. The number of phenols is 1. The van der Waals surface area contributed by atoms with Crippen molar-refractivity contribution in [3.8, 4) is 5.75 Å². The van der Waals surface area contributed by atoms with Crippen molar-refractivity contribution in [1.29, 1.82) is 0 Å². The Kier molecular flexibility index (Phi) is 5.47. The maximum atomic E-state index is 9.63. The van der Waals surface area contributed by atoms with Gasteiger partial charge in [-0.25, -0.2) is 0 Å². The van der Waals surface area contributed by atoms with Crippen LogP contribution in [0, 0.1) is 0 Å². The topological polar surface area (TPSA) is 56.7 Å². The zero-order chi connectivity index (χ0) is 12.8. The van der Waals surface area contributed by atoms with E-state index in [4.69, 9.17) is 35.4 Å². The second kappa shape index (κ2) is 6.64. The molecule has 7 heteroatoms. The summed E-state index contributed by atoms with van der Waals surface area (Å²) in [4.78, 5) is 0. The van der Waals surface area contributed by atoms with Gasteiger partial charge in [-0.15, -0.1) is 0 Å². The highest BCUT2D eigenvalue weighted by Gasteiger charge is 2.05. The van der Waals surface area contributed by atoms with E-state index in [9.17, 15) is 5.11 Å². The molecule has 1 aromatic carbocycles. The van der Waals surface area contributed by atoms with Crippen molar-refractivity contribution in [2.75, 3.05) is 6.54 Å². The number of rotatable bonds is 3. The first-order valence-electron chi connectivity index (χ1n) is 4.79. The Morgan fingerprint density at radius 3 is 2.88 bits per heavy atom. The average molecular weight is 292 g/mol. The molecule has 0 heterocycles. The summed E-state index contributed by atoms with van der Waals surface area (Å²) in [7, 11) is 0. The van der Waals surface area contributed by atoms with Crippen molar-refractivity contribution < 1.29 is 5.11 Å². The molecule has 0 unspecified atom stereocenters. The number of benzene rings is 1. The normalized spacial score (nSPS) is 10.5. The quantitative estimate of drug-likeness (QED) is 0.455. The summed E-state index contributed by atoms with van der Waals surface area (Å²) in [5.74, 6) is -0.0732. The molecule has 0 aliphatic heterocycles. The molecule has 0 amide bonds. The van der Waals surface area contributed by atoms with Crippen LogP contribution in [-0.2, 0) is 0 Å². The number of hydrogen-bond donors (Lipinski definition) is 3. The zero-order valence-electron chi connectivity index (χ0n) is 9.00. The number of thiocarbonyl (C=S) groups is 1. The van der Waals surface area contributed by atoms with Crippen LogP contribution in [0.25, 0.3) is 0 Å². The minimum Gasteiger partial charge on any atom is -0.506 e. The third-order valence-corrected chi connectivity index (χ3v) is 2.51. The van der Waals surface area contributed by atoms with Gasteiger partial charge in [-0.2, -0.15) is 5.10 Å². The molecule has 92 valence electrons. The Labute approximate surface area is 115 Å². The van der Waals surface area contributed by atoms with Crippen molar-refractivity contribution >= 4 is 46.7 Å². The molecule has 0 aliphatic carbocycles. The van der Waals surface area contributed by atoms with Crippen molar-refractivity contribution in [2.45, 2.75) is 6.92 Å². The molecule has 4 nitrogen and oxygen atoms in total. The zero-order valence-corrected chi connectivity index (χ0v) is 11.3. The van der Waals surface area contributed by atoms with E-state index >= 15 is 0 Å². The first-order valence-corrected chi connectivity index (χ1v) is 5.96. The smallest absolute Gasteiger partial charge is 0.186 e. The number of phenolic OH excluding ortho intramolecular Hbond substituents is 1. The predicted octanol–water partition coefficient (Wildman–Crippen LogP) is 2.52. The summed E-state index contributed by atoms with van der Waals surface area (Å²) in [5.41, 5.74) is 3.00. The van der Waals surface area contributed by atoms with Gasteiger partial charge in [0.25, 0.3) is 0 Å². The van der Waals surface area contributed by atoms with Crippen molar-refractivity contribution in [2.24, 2.45) is 5.10 Å². The number of nitrogens with zero attached hydrogens (tertiary/aromatic N) is 1. The summed E-state index contributed by atoms with van der Waals surface area (Å²) < 4.78 is 0. The van der Waals surface area contributed by atoms with Crippen LogP contribution in [0.15, 0.2) is 17.2 Å². The number of hydrazone groups is 1. The van der Waals surface area contributed by atoms with Gasteiger partial charge in [-0.05, 0) is 31.3 Å². The Bertz CT molecular complexity index is 451. The molecule has 0 aliphatic rings. The highest BCUT2D eigenvalue weighted by Crippen LogP contribution is 2.29. The summed E-state index contributed by atoms with van der Waals surface area (Å²) in [6, 6.07) is 3.00. The molecule has 0 bridgehead atoms. The van der Waals surface area contributed by atoms with Gasteiger partial charge in [0, 0.05) is 17.1 Å². The van der Waals surface area contributed by atoms with Gasteiger partial charge in [-0.1, -0.05) is 23.2 Å². The van der Waals surface area contributed by atoms with E-state index in [1.807, 2.05) is 6.92 Å². The number of hydrogen-bond acceptors (Lipinski definition) is 3. The van der Waals surface area contributed by atoms with Crippen LogP contribution in [0.5, 0.6) is 5.75 Å². The number of aromatic hydroxyl groups is 1. The lowest BCUT2D eigenvalue weighted by atomic mass is 10.2. The van der Waals surface area contributed by atoms with Crippen LogP contribution in [0.2, 0.25) is 10.0 Å². The molecule has 0 fully saturated rings. The Morgan fingerprint density at radius 1 is 1.53 bits per heavy atom. The van der Waals surface area contributed by atoms with Crippen LogP contribution < -0.4 is 10.7 Å². The largest absolute Gasteiger partial charge is 0.506 e. The number of halogens is 2. The average Bonchev–Trinajstić information content (AvgIpc) is 2.25. The standard InChI is InChI=1S/C10H11Cl2N3OS/c1-2-13-10(17)15-14-5-6-3-7(11)4-8(12)9(6)16/h3-5,16H,2H2,1H3,(H2,13,15,17)/b14-5+. The first kappa shape index (κ1) is 14.0. The lowest BCUT2D eigenvalue weighted by molar-refractivity contribution is 0.474. The fourth-order valence-corrected chi connectivity index (χ4v) is 1.75. The van der Waals surface area contributed by atoms with Crippen LogP contribution in [0.4, 0.5) is 0 Å². The van der Waals surface area contributed by atoms with Gasteiger partial charge >= 0.3 is 0 Å². The highest BCUT2D eigenvalue weighted by atomic mass is 35.5. The summed E-state index contributed by atoms with van der Waals surface area (Å²) in [6.45, 7) is 2.62. The van der Waals surface area contributed by atoms with Crippen molar-refractivity contribution in [3.05, 3.63) is 27.7 Å². The third kappa shape index (κ3) is 4.38. The second-order valence-electron chi connectivity index (χ2n) is 3.05. The summed E-state index contributed by atoms with van der Waals surface area (Å²) in [5, 5.41) is 17.3. The molecule has 1 rings (SSSR count). The van der Waals surface area contributed by atoms with Crippen molar-refractivity contribution in [1.82, 2.24) is 10.7 Å². The lowest BCUT2D eigenvalue weighted by Gasteiger charge is -2.04. The van der Waals surface area contributed by atoms with Gasteiger partial charge < -0.3 is 10.4 Å². The maximum Gasteiger partial charge on any atom is 0.186 e. The SMILES string of the molecule is CCNC(=S)N/N=C/c1cc(Cl)cc(Cl)c1O. The Hall–Kier alpha value is -1.04. The van der Waals surface area contributed by atoms with Gasteiger partial charge in [0.1, 0.15) is 5.75 Å². The summed E-state index contributed by atoms with van der Waals surface area (Å²) in [6.07, 6.45) is 1.39. The molecule has 1 aromatic rings. The molecule has 3 N–H and O–H groups in total. The lowest BCUT2D eigenvalue weighted by Crippen LogP contribution is -2.31. The molecular weight excluding hydrogens is 281 g/mol. The molecule has 0 aromatic heterocycles. The molecule has 17 heavy (non-hydrogen) atoms. The molecule has 0 radical (unpaired) electrons. The Morgan fingerprint density at radius 2 is 2.24 bits per heavy atom. The second-order valence-corrected chi connectivity index (χ2v) is 4.31. The van der Waals surface area contributed by atoms with Crippen molar-refractivity contribution in [3.63, 3.8) is 0 Å². The molecule has 0 saturated carbocycles. The van der Waals surface area contributed by atoms with E-state index in [-0.39, 0.29) is 10.8 Å². The number of nitrogens with one attached hydrogen (secondary N) is 2. The molecular formula is C10H11Cl2N3OS. The van der Waals surface area contributed by atoms with Crippen LogP contribution in [0.3, 0.4) is 0 Å². The maximum absolute atomic E-state index is 9.63. The third-order valence-electron chi connectivity index (χ3n) is 1.76. The monoisotopic (exact) mass is 291 g/mol. The first-order chi connectivity index (χ1) is 8.04. The minimum absolute atomic E-state index is 0.0732. The fourth-order valence-electron chi connectivity index (χ4n) is 1.04. The van der Waals surface area contributed by atoms with Crippen LogP contribution in [-0.4, -0.2) is 23.0 Å². The van der Waals surface area contributed by atoms with Crippen LogP contribution in [0.1, 0.15) is 12.5 Å². The van der Waals surface area contributed by atoms with E-state index in [1.165, 1.54) is 12.3 Å². The summed E-state index contributed by atoms with van der Waals surface area (Å²) >= 11 is 16.5. The van der Waals surface area contributed by atoms with E-state index in [1.54, 1.807) is 6.07 Å².